The van der Waals surface area contributed by atoms with E-state index in [4.69, 9.17) is 5.73 Å². The first-order valence-electron chi connectivity index (χ1n) is 4.68. The summed E-state index contributed by atoms with van der Waals surface area (Å²) in [6, 6.07) is 7.30. The van der Waals surface area contributed by atoms with Crippen molar-refractivity contribution in [2.45, 2.75) is 6.42 Å². The van der Waals surface area contributed by atoms with Gasteiger partial charge in [0.2, 0.25) is 0 Å². The summed E-state index contributed by atoms with van der Waals surface area (Å²) in [6.45, 7) is 1.54. The molecule has 1 aliphatic heterocycles. The SMILES string of the molecule is Cl.Nc1ccc(N2CCCNC2=O)cc1. The molecule has 0 atom stereocenters. The fourth-order valence-electron chi connectivity index (χ4n) is 1.53. The molecule has 15 heavy (non-hydrogen) atoms. The number of amides is 2. The van der Waals surface area contributed by atoms with Crippen LogP contribution in [0.25, 0.3) is 0 Å². The van der Waals surface area contributed by atoms with Gasteiger partial charge in [0.1, 0.15) is 0 Å². The van der Waals surface area contributed by atoms with Crippen LogP contribution in [0, 0.1) is 0 Å². The molecule has 1 heterocycles. The van der Waals surface area contributed by atoms with Crippen LogP contribution in [0.5, 0.6) is 0 Å². The van der Waals surface area contributed by atoms with E-state index in [1.54, 1.807) is 17.0 Å². The quantitative estimate of drug-likeness (QED) is 0.717. The van der Waals surface area contributed by atoms with E-state index < -0.39 is 0 Å². The number of carbonyl (C=O) groups is 1. The Balaban J connectivity index is 0.00000112. The summed E-state index contributed by atoms with van der Waals surface area (Å²) in [7, 11) is 0. The van der Waals surface area contributed by atoms with Crippen LogP contribution < -0.4 is 16.0 Å². The highest BCUT2D eigenvalue weighted by molar-refractivity contribution is 5.92. The van der Waals surface area contributed by atoms with Crippen LogP contribution in [0.3, 0.4) is 0 Å². The summed E-state index contributed by atoms with van der Waals surface area (Å²) in [5.74, 6) is 0. The topological polar surface area (TPSA) is 58.4 Å². The monoisotopic (exact) mass is 227 g/mol. The molecule has 82 valence electrons. The highest BCUT2D eigenvalue weighted by Crippen LogP contribution is 2.17. The van der Waals surface area contributed by atoms with Gasteiger partial charge in [0, 0.05) is 24.5 Å². The molecule has 0 saturated carbocycles. The van der Waals surface area contributed by atoms with E-state index in [0.717, 1.165) is 25.2 Å². The van der Waals surface area contributed by atoms with Gasteiger partial charge < -0.3 is 11.1 Å². The van der Waals surface area contributed by atoms with Gasteiger partial charge >= 0.3 is 6.03 Å². The second kappa shape index (κ2) is 4.89. The molecule has 0 aliphatic carbocycles. The van der Waals surface area contributed by atoms with Gasteiger partial charge in [0.15, 0.2) is 0 Å². The average Bonchev–Trinajstić information content (AvgIpc) is 2.20. The van der Waals surface area contributed by atoms with E-state index in [9.17, 15) is 4.79 Å². The van der Waals surface area contributed by atoms with Gasteiger partial charge in [-0.2, -0.15) is 0 Å². The van der Waals surface area contributed by atoms with E-state index in [2.05, 4.69) is 5.32 Å². The second-order valence-corrected chi connectivity index (χ2v) is 3.33. The molecule has 1 aliphatic rings. The molecule has 0 radical (unpaired) electrons. The smallest absolute Gasteiger partial charge is 0.321 e. The number of urea groups is 1. The van der Waals surface area contributed by atoms with Crippen LogP contribution >= 0.6 is 12.4 Å². The van der Waals surface area contributed by atoms with Crippen molar-refractivity contribution in [1.82, 2.24) is 5.32 Å². The minimum Gasteiger partial charge on any atom is -0.399 e. The maximum absolute atomic E-state index is 11.5. The largest absolute Gasteiger partial charge is 0.399 e. The van der Waals surface area contributed by atoms with Crippen molar-refractivity contribution >= 4 is 29.8 Å². The maximum atomic E-state index is 11.5. The first-order valence-corrected chi connectivity index (χ1v) is 4.68. The lowest BCUT2D eigenvalue weighted by Gasteiger charge is -2.27. The highest BCUT2D eigenvalue weighted by Gasteiger charge is 2.18. The third kappa shape index (κ3) is 2.53. The zero-order chi connectivity index (χ0) is 9.97. The number of hydrogen-bond acceptors (Lipinski definition) is 2. The van der Waals surface area contributed by atoms with Crippen molar-refractivity contribution in [2.75, 3.05) is 23.7 Å². The van der Waals surface area contributed by atoms with E-state index in [1.165, 1.54) is 0 Å². The molecule has 0 spiro atoms. The van der Waals surface area contributed by atoms with E-state index in [-0.39, 0.29) is 18.4 Å². The molecular weight excluding hydrogens is 214 g/mol. The first-order chi connectivity index (χ1) is 6.77. The lowest BCUT2D eigenvalue weighted by Crippen LogP contribution is -2.46. The molecule has 0 unspecified atom stereocenters. The Bertz CT molecular complexity index is 339. The Morgan fingerprint density at radius 3 is 2.53 bits per heavy atom. The molecule has 1 aromatic rings. The summed E-state index contributed by atoms with van der Waals surface area (Å²) in [5, 5.41) is 2.80. The number of nitrogens with zero attached hydrogens (tertiary/aromatic N) is 1. The normalized spacial score (nSPS) is 15.5. The van der Waals surface area contributed by atoms with Gasteiger partial charge in [-0.25, -0.2) is 4.79 Å². The lowest BCUT2D eigenvalue weighted by molar-refractivity contribution is 0.243. The van der Waals surface area contributed by atoms with Crippen molar-refractivity contribution < 1.29 is 4.79 Å². The number of rotatable bonds is 1. The van der Waals surface area contributed by atoms with Crippen LogP contribution in [-0.2, 0) is 0 Å². The average molecular weight is 228 g/mol. The number of anilines is 2. The fraction of sp³-hybridized carbons (Fsp3) is 0.300. The van der Waals surface area contributed by atoms with Crippen LogP contribution in [-0.4, -0.2) is 19.1 Å². The molecule has 5 heteroatoms. The summed E-state index contributed by atoms with van der Waals surface area (Å²) in [6.07, 6.45) is 0.982. The number of nitrogens with two attached hydrogens (primary N) is 1. The summed E-state index contributed by atoms with van der Waals surface area (Å²) in [4.78, 5) is 13.2. The van der Waals surface area contributed by atoms with Gasteiger partial charge in [-0.05, 0) is 30.7 Å². The Hall–Kier alpha value is -1.42. The second-order valence-electron chi connectivity index (χ2n) is 3.33. The predicted octanol–water partition coefficient (Wildman–Crippen LogP) is 1.61. The minimum atomic E-state index is -0.0268. The first kappa shape index (κ1) is 11.7. The Morgan fingerprint density at radius 1 is 1.27 bits per heavy atom. The molecule has 1 fully saturated rings. The zero-order valence-corrected chi connectivity index (χ0v) is 9.09. The number of carbonyl (C=O) groups excluding carboxylic acids is 1. The maximum Gasteiger partial charge on any atom is 0.321 e. The number of benzene rings is 1. The number of nitrogen functional groups attached to an aromatic ring is 1. The molecule has 1 aromatic carbocycles. The summed E-state index contributed by atoms with van der Waals surface area (Å²) in [5.41, 5.74) is 7.19. The summed E-state index contributed by atoms with van der Waals surface area (Å²) < 4.78 is 0. The van der Waals surface area contributed by atoms with Gasteiger partial charge in [0.25, 0.3) is 0 Å². The van der Waals surface area contributed by atoms with E-state index in [1.807, 2.05) is 12.1 Å². The number of nitrogens with one attached hydrogen (secondary N) is 1. The van der Waals surface area contributed by atoms with Crippen LogP contribution in [0.2, 0.25) is 0 Å². The fourth-order valence-corrected chi connectivity index (χ4v) is 1.53. The Labute approximate surface area is 94.8 Å². The van der Waals surface area contributed by atoms with E-state index >= 15 is 0 Å². The third-order valence-corrected chi connectivity index (χ3v) is 2.28. The molecule has 4 nitrogen and oxygen atoms in total. The van der Waals surface area contributed by atoms with Gasteiger partial charge in [-0.3, -0.25) is 4.90 Å². The molecule has 1 saturated heterocycles. The lowest BCUT2D eigenvalue weighted by atomic mass is 10.2. The molecule has 0 aromatic heterocycles. The van der Waals surface area contributed by atoms with Gasteiger partial charge in [-0.15, -0.1) is 12.4 Å². The summed E-state index contributed by atoms with van der Waals surface area (Å²) >= 11 is 0. The standard InChI is InChI=1S/C10H13N3O.ClH/c11-8-2-4-9(5-3-8)13-7-1-6-12-10(13)14;/h2-5H,1,6-7,11H2,(H,12,14);1H. The molecule has 0 bridgehead atoms. The van der Waals surface area contributed by atoms with Crippen molar-refractivity contribution in [2.24, 2.45) is 0 Å². The Kier molecular flexibility index (Phi) is 3.80. The van der Waals surface area contributed by atoms with Crippen LogP contribution in [0.15, 0.2) is 24.3 Å². The molecule has 2 amide bonds. The third-order valence-electron chi connectivity index (χ3n) is 2.28. The predicted molar refractivity (Wildman–Crippen MR) is 63.5 cm³/mol. The van der Waals surface area contributed by atoms with Crippen molar-refractivity contribution in [3.8, 4) is 0 Å². The number of halogens is 1. The van der Waals surface area contributed by atoms with Crippen LogP contribution in [0.4, 0.5) is 16.2 Å². The Morgan fingerprint density at radius 2 is 1.93 bits per heavy atom. The molecule has 2 rings (SSSR count). The van der Waals surface area contributed by atoms with Crippen LogP contribution in [0.1, 0.15) is 6.42 Å². The van der Waals surface area contributed by atoms with Gasteiger partial charge in [-0.1, -0.05) is 0 Å². The van der Waals surface area contributed by atoms with Crippen molar-refractivity contribution in [3.05, 3.63) is 24.3 Å². The van der Waals surface area contributed by atoms with E-state index in [0.29, 0.717) is 5.69 Å². The zero-order valence-electron chi connectivity index (χ0n) is 8.27. The minimum absolute atomic E-state index is 0. The number of hydrogen-bond donors (Lipinski definition) is 2. The molecular formula is C10H14ClN3O. The highest BCUT2D eigenvalue weighted by atomic mass is 35.5. The van der Waals surface area contributed by atoms with Crippen molar-refractivity contribution in [3.63, 3.8) is 0 Å². The van der Waals surface area contributed by atoms with Gasteiger partial charge in [0.05, 0.1) is 0 Å². The molecule has 3 N–H and O–H groups in total. The van der Waals surface area contributed by atoms with Crippen molar-refractivity contribution in [1.29, 1.82) is 0 Å².